The molecular formula is C55H38N2O. The Morgan fingerprint density at radius 3 is 1.53 bits per heavy atom. The molecule has 0 bridgehead atoms. The van der Waals surface area contributed by atoms with Crippen LogP contribution in [0.2, 0.25) is 0 Å². The number of rotatable bonds is 6. The molecule has 0 saturated carbocycles. The summed E-state index contributed by atoms with van der Waals surface area (Å²) in [5, 5.41) is 2.26. The molecule has 0 spiro atoms. The smallest absolute Gasteiger partial charge is 0.160 e. The van der Waals surface area contributed by atoms with E-state index < -0.39 is 0 Å². The predicted octanol–water partition coefficient (Wildman–Crippen LogP) is 14.7. The third-order valence-electron chi connectivity index (χ3n) is 11.9. The number of benzene rings is 8. The quantitative estimate of drug-likeness (QED) is 0.170. The molecule has 0 amide bonds. The fraction of sp³-hybridized carbons (Fsp3) is 0.0545. The van der Waals surface area contributed by atoms with Crippen LogP contribution in [0.25, 0.3) is 100 Å². The van der Waals surface area contributed by atoms with Crippen molar-refractivity contribution < 1.29 is 4.42 Å². The van der Waals surface area contributed by atoms with Gasteiger partial charge in [-0.1, -0.05) is 153 Å². The largest absolute Gasteiger partial charge is 0.456 e. The van der Waals surface area contributed by atoms with E-state index in [4.69, 9.17) is 14.4 Å². The highest BCUT2D eigenvalue weighted by Crippen LogP contribution is 2.51. The Kier molecular flexibility index (Phi) is 7.84. The highest BCUT2D eigenvalue weighted by molar-refractivity contribution is 6.09. The first-order chi connectivity index (χ1) is 28.5. The van der Waals surface area contributed by atoms with E-state index in [9.17, 15) is 0 Å². The van der Waals surface area contributed by atoms with E-state index in [0.717, 1.165) is 77.8 Å². The topological polar surface area (TPSA) is 38.9 Å². The molecule has 274 valence electrons. The lowest BCUT2D eigenvalue weighted by atomic mass is 9.82. The second-order valence-corrected chi connectivity index (χ2v) is 15.8. The molecule has 8 aromatic carbocycles. The third-order valence-corrected chi connectivity index (χ3v) is 11.9. The minimum Gasteiger partial charge on any atom is -0.456 e. The van der Waals surface area contributed by atoms with Gasteiger partial charge in [-0.25, -0.2) is 9.97 Å². The lowest BCUT2D eigenvalue weighted by molar-refractivity contribution is 0.647. The van der Waals surface area contributed by atoms with Crippen LogP contribution in [0.15, 0.2) is 199 Å². The van der Waals surface area contributed by atoms with Crippen molar-refractivity contribution in [3.8, 4) is 78.4 Å². The molecule has 11 rings (SSSR count). The van der Waals surface area contributed by atoms with Gasteiger partial charge in [0.25, 0.3) is 0 Å². The van der Waals surface area contributed by atoms with Crippen LogP contribution in [0.4, 0.5) is 0 Å². The summed E-state index contributed by atoms with van der Waals surface area (Å²) in [6.07, 6.45) is 0. The maximum absolute atomic E-state index is 6.56. The molecule has 0 radical (unpaired) electrons. The zero-order valence-corrected chi connectivity index (χ0v) is 32.3. The SMILES string of the molecule is CC1(C)c2ccccc2-c2cc3c(cc21)oc1ccc(-c2cc(-c4ccccc4)cc(-c4cccc(-c5nc(-c6ccccc6)cc(-c6ccccc6)n5)c4)c2)cc13. The molecule has 0 N–H and O–H groups in total. The van der Waals surface area contributed by atoms with Crippen molar-refractivity contribution in [3.05, 3.63) is 205 Å². The summed E-state index contributed by atoms with van der Waals surface area (Å²) in [5.74, 6) is 0.691. The van der Waals surface area contributed by atoms with Crippen molar-refractivity contribution in [1.29, 1.82) is 0 Å². The summed E-state index contributed by atoms with van der Waals surface area (Å²) >= 11 is 0. The van der Waals surface area contributed by atoms with Gasteiger partial charge in [-0.15, -0.1) is 0 Å². The van der Waals surface area contributed by atoms with E-state index in [2.05, 4.69) is 196 Å². The van der Waals surface area contributed by atoms with Crippen LogP contribution in [0.5, 0.6) is 0 Å². The van der Waals surface area contributed by atoms with Crippen molar-refractivity contribution in [1.82, 2.24) is 9.97 Å². The van der Waals surface area contributed by atoms with E-state index in [1.807, 2.05) is 12.1 Å². The number of hydrogen-bond donors (Lipinski definition) is 0. The van der Waals surface area contributed by atoms with Crippen molar-refractivity contribution in [3.63, 3.8) is 0 Å². The van der Waals surface area contributed by atoms with Gasteiger partial charge in [-0.3, -0.25) is 0 Å². The Balaban J connectivity index is 1.05. The molecule has 2 heterocycles. The van der Waals surface area contributed by atoms with Crippen LogP contribution < -0.4 is 0 Å². The molecule has 3 nitrogen and oxygen atoms in total. The molecule has 58 heavy (non-hydrogen) atoms. The Labute approximate surface area is 338 Å². The van der Waals surface area contributed by atoms with Crippen molar-refractivity contribution in [2.45, 2.75) is 19.3 Å². The Hall–Kier alpha value is -7.36. The molecule has 0 saturated heterocycles. The highest BCUT2D eigenvalue weighted by Gasteiger charge is 2.36. The molecule has 0 atom stereocenters. The van der Waals surface area contributed by atoms with Crippen LogP contribution in [0.3, 0.4) is 0 Å². The van der Waals surface area contributed by atoms with Crippen molar-refractivity contribution in [2.24, 2.45) is 0 Å². The van der Waals surface area contributed by atoms with Gasteiger partial charge in [0.05, 0.1) is 11.4 Å². The fourth-order valence-corrected chi connectivity index (χ4v) is 8.84. The first-order valence-corrected chi connectivity index (χ1v) is 19.9. The van der Waals surface area contributed by atoms with Gasteiger partial charge in [0, 0.05) is 32.9 Å². The summed E-state index contributed by atoms with van der Waals surface area (Å²) in [6, 6.07) is 69.0. The minimum atomic E-state index is -0.0865. The van der Waals surface area contributed by atoms with Gasteiger partial charge in [0.1, 0.15) is 11.2 Å². The highest BCUT2D eigenvalue weighted by atomic mass is 16.3. The van der Waals surface area contributed by atoms with Gasteiger partial charge in [-0.2, -0.15) is 0 Å². The predicted molar refractivity (Wildman–Crippen MR) is 239 cm³/mol. The van der Waals surface area contributed by atoms with E-state index in [1.54, 1.807) is 0 Å². The average Bonchev–Trinajstić information content (AvgIpc) is 3.76. The van der Waals surface area contributed by atoms with Gasteiger partial charge in [0.15, 0.2) is 5.82 Å². The molecule has 1 aliphatic carbocycles. The van der Waals surface area contributed by atoms with E-state index in [0.29, 0.717) is 5.82 Å². The van der Waals surface area contributed by atoms with Crippen LogP contribution in [-0.2, 0) is 5.41 Å². The molecule has 1 aliphatic rings. The standard InChI is InChI=1S/C55H38N2O/c1-55(2)48-24-13-12-23-44(48)45-32-47-46-31-39(25-26-52(46)58-53(47)33-49(45)55)43-29-41(35-15-6-3-7-16-35)28-42(30-43)38-21-14-22-40(27-38)54-56-50(36-17-8-4-9-18-36)34-51(57-54)37-19-10-5-11-20-37/h3-34H,1-2H3. The summed E-state index contributed by atoms with van der Waals surface area (Å²) in [6.45, 7) is 4.63. The molecule has 0 unspecified atom stereocenters. The molecule has 0 aliphatic heterocycles. The maximum Gasteiger partial charge on any atom is 0.160 e. The molecule has 10 aromatic rings. The van der Waals surface area contributed by atoms with Crippen LogP contribution in [0.1, 0.15) is 25.0 Å². The number of nitrogens with zero attached hydrogens (tertiary/aromatic N) is 2. The van der Waals surface area contributed by atoms with E-state index in [1.165, 1.54) is 27.8 Å². The van der Waals surface area contributed by atoms with Crippen LogP contribution in [0, 0.1) is 0 Å². The molecule has 2 aromatic heterocycles. The van der Waals surface area contributed by atoms with Gasteiger partial charge < -0.3 is 4.42 Å². The van der Waals surface area contributed by atoms with E-state index in [-0.39, 0.29) is 5.41 Å². The van der Waals surface area contributed by atoms with Crippen molar-refractivity contribution in [2.75, 3.05) is 0 Å². The fourth-order valence-electron chi connectivity index (χ4n) is 8.84. The van der Waals surface area contributed by atoms with Gasteiger partial charge in [-0.05, 0) is 110 Å². The number of aromatic nitrogens is 2. The van der Waals surface area contributed by atoms with Crippen molar-refractivity contribution >= 4 is 21.9 Å². The zero-order chi connectivity index (χ0) is 38.8. The number of fused-ring (bicyclic) bond motifs is 6. The summed E-state index contributed by atoms with van der Waals surface area (Å²) in [5.41, 5.74) is 18.7. The normalized spacial score (nSPS) is 12.8. The van der Waals surface area contributed by atoms with Gasteiger partial charge >= 0.3 is 0 Å². The lowest BCUT2D eigenvalue weighted by Gasteiger charge is -2.21. The Morgan fingerprint density at radius 2 is 0.862 bits per heavy atom. The number of furan rings is 1. The second-order valence-electron chi connectivity index (χ2n) is 15.8. The average molecular weight is 743 g/mol. The Bertz CT molecular complexity index is 3120. The molecule has 3 heteroatoms. The third kappa shape index (κ3) is 5.74. The summed E-state index contributed by atoms with van der Waals surface area (Å²) < 4.78 is 6.56. The van der Waals surface area contributed by atoms with E-state index >= 15 is 0 Å². The second kappa shape index (κ2) is 13.4. The summed E-state index contributed by atoms with van der Waals surface area (Å²) in [4.78, 5) is 10.3. The minimum absolute atomic E-state index is 0.0865. The zero-order valence-electron chi connectivity index (χ0n) is 32.3. The first-order valence-electron chi connectivity index (χ1n) is 19.9. The first kappa shape index (κ1) is 33.9. The van der Waals surface area contributed by atoms with Crippen LogP contribution >= 0.6 is 0 Å². The molecule has 0 fully saturated rings. The summed E-state index contributed by atoms with van der Waals surface area (Å²) in [7, 11) is 0. The number of hydrogen-bond acceptors (Lipinski definition) is 3. The lowest BCUT2D eigenvalue weighted by Crippen LogP contribution is -2.14. The van der Waals surface area contributed by atoms with Crippen LogP contribution in [-0.4, -0.2) is 9.97 Å². The monoisotopic (exact) mass is 742 g/mol. The maximum atomic E-state index is 6.56. The Morgan fingerprint density at radius 1 is 0.345 bits per heavy atom. The molecular weight excluding hydrogens is 705 g/mol. The van der Waals surface area contributed by atoms with Gasteiger partial charge in [0.2, 0.25) is 0 Å².